The molecule has 2 aromatic rings. The molecule has 31 heavy (non-hydrogen) atoms. The van der Waals surface area contributed by atoms with E-state index in [1.165, 1.54) is 0 Å². The lowest BCUT2D eigenvalue weighted by Gasteiger charge is -2.36. The molecule has 0 spiro atoms. The van der Waals surface area contributed by atoms with Crippen molar-refractivity contribution in [1.29, 1.82) is 0 Å². The van der Waals surface area contributed by atoms with E-state index in [2.05, 4.69) is 22.0 Å². The van der Waals surface area contributed by atoms with Crippen molar-refractivity contribution in [3.63, 3.8) is 0 Å². The highest BCUT2D eigenvalue weighted by Crippen LogP contribution is 2.40. The Morgan fingerprint density at radius 1 is 1.10 bits per heavy atom. The van der Waals surface area contributed by atoms with Gasteiger partial charge in [-0.1, -0.05) is 22.4 Å². The number of hydrogen-bond donors (Lipinski definition) is 0. The average Bonchev–Trinajstić information content (AvgIpc) is 3.02. The number of aryl methyl sites for hydroxylation is 2. The minimum atomic E-state index is -0.338. The number of carbonyl (C=O) groups excluding carboxylic acids is 3. The molecule has 0 N–H and O–H groups in total. The SMILES string of the molecule is Cc1cc(-n2c(C)cc(C(=O)COC(=O)C3CC4CCCC(C3)C4=O)c2C)ccc1Br. The standard InChI is InChI=1S/C25H28BrNO4/c1-14-9-20(7-8-22(14)26)27-15(2)10-21(16(27)3)23(28)13-31-25(30)19-11-17-5-4-6-18(12-19)24(17)29/h7-10,17-19H,4-6,11-13H2,1-3H3. The van der Waals surface area contributed by atoms with Crippen LogP contribution < -0.4 is 0 Å². The molecule has 1 heterocycles. The Morgan fingerprint density at radius 2 is 1.77 bits per heavy atom. The largest absolute Gasteiger partial charge is 0.457 e. The number of fused-ring (bicyclic) bond motifs is 2. The zero-order valence-electron chi connectivity index (χ0n) is 18.2. The third kappa shape index (κ3) is 4.27. The molecule has 2 saturated carbocycles. The van der Waals surface area contributed by atoms with Gasteiger partial charge in [0.1, 0.15) is 5.78 Å². The van der Waals surface area contributed by atoms with Crippen LogP contribution in [0.2, 0.25) is 0 Å². The predicted molar refractivity (Wildman–Crippen MR) is 122 cm³/mol. The molecule has 1 aromatic carbocycles. The summed E-state index contributed by atoms with van der Waals surface area (Å²) in [6.45, 7) is 5.64. The lowest BCUT2D eigenvalue weighted by atomic mass is 9.67. The zero-order valence-corrected chi connectivity index (χ0v) is 19.8. The van der Waals surface area contributed by atoms with Crippen LogP contribution in [0.5, 0.6) is 0 Å². The molecular formula is C25H28BrNO4. The number of esters is 1. The summed E-state index contributed by atoms with van der Waals surface area (Å²) < 4.78 is 8.51. The van der Waals surface area contributed by atoms with Crippen LogP contribution in [0.4, 0.5) is 0 Å². The van der Waals surface area contributed by atoms with Gasteiger partial charge in [0.15, 0.2) is 6.61 Å². The van der Waals surface area contributed by atoms with Crippen molar-refractivity contribution in [3.05, 3.63) is 51.3 Å². The third-order valence-corrected chi connectivity index (χ3v) is 7.75. The molecule has 1 aromatic heterocycles. The Bertz CT molecular complexity index is 1040. The average molecular weight is 486 g/mol. The fourth-order valence-electron chi connectivity index (χ4n) is 5.21. The number of ketones is 2. The highest BCUT2D eigenvalue weighted by Gasteiger charge is 2.42. The molecule has 5 nitrogen and oxygen atoms in total. The number of nitrogens with zero attached hydrogens (tertiary/aromatic N) is 1. The van der Waals surface area contributed by atoms with Crippen LogP contribution in [0.3, 0.4) is 0 Å². The van der Waals surface area contributed by atoms with Gasteiger partial charge < -0.3 is 9.30 Å². The normalized spacial score (nSPS) is 23.0. The number of rotatable bonds is 5. The topological polar surface area (TPSA) is 65.4 Å². The molecule has 2 aliphatic carbocycles. The second-order valence-electron chi connectivity index (χ2n) is 8.98. The van der Waals surface area contributed by atoms with Crippen molar-refractivity contribution < 1.29 is 19.1 Å². The fraction of sp³-hybridized carbons (Fsp3) is 0.480. The van der Waals surface area contributed by atoms with Gasteiger partial charge in [0.2, 0.25) is 5.78 Å². The minimum Gasteiger partial charge on any atom is -0.457 e. The zero-order chi connectivity index (χ0) is 22.3. The van der Waals surface area contributed by atoms with Crippen LogP contribution in [0.1, 0.15) is 59.4 Å². The number of aromatic nitrogens is 1. The van der Waals surface area contributed by atoms with Crippen molar-refractivity contribution in [1.82, 2.24) is 4.57 Å². The highest BCUT2D eigenvalue weighted by atomic mass is 79.9. The Balaban J connectivity index is 1.44. The summed E-state index contributed by atoms with van der Waals surface area (Å²) in [5, 5.41) is 0. The molecule has 6 heteroatoms. The van der Waals surface area contributed by atoms with Crippen LogP contribution in [0.15, 0.2) is 28.7 Å². The summed E-state index contributed by atoms with van der Waals surface area (Å²) in [6, 6.07) is 7.93. The molecule has 2 unspecified atom stereocenters. The molecule has 0 saturated heterocycles. The van der Waals surface area contributed by atoms with E-state index < -0.39 is 0 Å². The lowest BCUT2D eigenvalue weighted by Crippen LogP contribution is -2.39. The first-order valence-corrected chi connectivity index (χ1v) is 11.7. The van der Waals surface area contributed by atoms with Gasteiger partial charge in [-0.05, 0) is 76.3 Å². The second-order valence-corrected chi connectivity index (χ2v) is 9.83. The van der Waals surface area contributed by atoms with E-state index in [9.17, 15) is 14.4 Å². The summed E-state index contributed by atoms with van der Waals surface area (Å²) in [4.78, 5) is 37.7. The Labute approximate surface area is 191 Å². The molecule has 164 valence electrons. The molecule has 0 aliphatic heterocycles. The molecular weight excluding hydrogens is 458 g/mol. The van der Waals surface area contributed by atoms with Crippen LogP contribution in [0.25, 0.3) is 5.69 Å². The molecule has 0 radical (unpaired) electrons. The first kappa shape index (κ1) is 22.0. The van der Waals surface area contributed by atoms with Gasteiger partial charge in [-0.15, -0.1) is 0 Å². The van der Waals surface area contributed by atoms with Gasteiger partial charge in [0.05, 0.1) is 5.92 Å². The fourth-order valence-corrected chi connectivity index (χ4v) is 5.46. The number of carbonyl (C=O) groups is 3. The smallest absolute Gasteiger partial charge is 0.309 e. The number of Topliss-reactive ketones (excluding diaryl/α,β-unsaturated/α-hetero) is 2. The van der Waals surface area contributed by atoms with Gasteiger partial charge >= 0.3 is 5.97 Å². The maximum Gasteiger partial charge on any atom is 0.309 e. The van der Waals surface area contributed by atoms with Gasteiger partial charge in [0, 0.05) is 38.9 Å². The minimum absolute atomic E-state index is 0.00552. The number of ether oxygens (including phenoxy) is 1. The number of halogens is 1. The number of benzene rings is 1. The quantitative estimate of drug-likeness (QED) is 0.426. The number of hydrogen-bond acceptors (Lipinski definition) is 4. The molecule has 0 amide bonds. The Morgan fingerprint density at radius 3 is 2.42 bits per heavy atom. The van der Waals surface area contributed by atoms with Crippen molar-refractivity contribution in [3.8, 4) is 5.69 Å². The molecule has 2 bridgehead atoms. The Kier molecular flexibility index (Phi) is 6.20. The van der Waals surface area contributed by atoms with Crippen molar-refractivity contribution in [2.24, 2.45) is 17.8 Å². The van der Waals surface area contributed by atoms with Crippen LogP contribution in [0, 0.1) is 38.5 Å². The van der Waals surface area contributed by atoms with E-state index in [4.69, 9.17) is 4.74 Å². The molecule has 4 rings (SSSR count). The first-order chi connectivity index (χ1) is 14.8. The van der Waals surface area contributed by atoms with E-state index in [0.29, 0.717) is 24.2 Å². The van der Waals surface area contributed by atoms with Crippen LogP contribution in [-0.2, 0) is 14.3 Å². The molecule has 2 fully saturated rings. The second kappa shape index (κ2) is 8.73. The predicted octanol–water partition coefficient (Wildman–Crippen LogP) is 5.29. The Hall–Kier alpha value is -2.21. The highest BCUT2D eigenvalue weighted by molar-refractivity contribution is 9.10. The van der Waals surface area contributed by atoms with Gasteiger partial charge in [0.25, 0.3) is 0 Å². The van der Waals surface area contributed by atoms with Crippen LogP contribution in [-0.4, -0.2) is 28.7 Å². The van der Waals surface area contributed by atoms with Gasteiger partial charge in [-0.2, -0.15) is 0 Å². The van der Waals surface area contributed by atoms with E-state index in [1.54, 1.807) is 0 Å². The molecule has 2 atom stereocenters. The van der Waals surface area contributed by atoms with E-state index in [0.717, 1.165) is 46.4 Å². The van der Waals surface area contributed by atoms with Crippen molar-refractivity contribution in [2.45, 2.75) is 52.9 Å². The summed E-state index contributed by atoms with van der Waals surface area (Å²) in [5.41, 5.74) is 4.46. The maximum absolute atomic E-state index is 12.9. The van der Waals surface area contributed by atoms with Crippen LogP contribution >= 0.6 is 15.9 Å². The van der Waals surface area contributed by atoms with Crippen molar-refractivity contribution >= 4 is 33.5 Å². The summed E-state index contributed by atoms with van der Waals surface area (Å²) in [5.74, 6) is -0.493. The summed E-state index contributed by atoms with van der Waals surface area (Å²) in [6.07, 6.45) is 3.95. The molecule has 2 aliphatic rings. The summed E-state index contributed by atoms with van der Waals surface area (Å²) >= 11 is 3.52. The lowest BCUT2D eigenvalue weighted by molar-refractivity contribution is -0.152. The van der Waals surface area contributed by atoms with Crippen molar-refractivity contribution in [2.75, 3.05) is 6.61 Å². The monoisotopic (exact) mass is 485 g/mol. The van der Waals surface area contributed by atoms with E-state index >= 15 is 0 Å². The summed E-state index contributed by atoms with van der Waals surface area (Å²) in [7, 11) is 0. The maximum atomic E-state index is 12.9. The van der Waals surface area contributed by atoms with Gasteiger partial charge in [-0.25, -0.2) is 0 Å². The first-order valence-electron chi connectivity index (χ1n) is 10.9. The third-order valence-electron chi connectivity index (χ3n) is 6.86. The van der Waals surface area contributed by atoms with Gasteiger partial charge in [-0.3, -0.25) is 14.4 Å². The van der Waals surface area contributed by atoms with E-state index in [1.807, 2.05) is 43.5 Å². The van der Waals surface area contributed by atoms with E-state index in [-0.39, 0.29) is 36.1 Å².